The number of hydrogen-bond acceptors (Lipinski definition) is 3. The summed E-state index contributed by atoms with van der Waals surface area (Å²) in [5.41, 5.74) is 0. The molecule has 1 unspecified atom stereocenters. The van der Waals surface area contributed by atoms with Gasteiger partial charge in [-0.1, -0.05) is 23.2 Å². The van der Waals surface area contributed by atoms with Crippen LogP contribution in [-0.2, 0) is 4.74 Å². The molecule has 1 aromatic heterocycles. The van der Waals surface area contributed by atoms with Gasteiger partial charge >= 0.3 is 0 Å². The van der Waals surface area contributed by atoms with Crippen LogP contribution in [-0.4, -0.2) is 18.5 Å². The zero-order chi connectivity index (χ0) is 20.8. The average Bonchev–Trinajstić information content (AvgIpc) is 3.13. The average molecular weight is 471 g/mol. The molecule has 0 bridgehead atoms. The Hall–Kier alpha value is -0.990. The van der Waals surface area contributed by atoms with Gasteiger partial charge in [0.2, 0.25) is 0 Å². The molecule has 0 aliphatic heterocycles. The van der Waals surface area contributed by atoms with Crippen LogP contribution in [0.15, 0.2) is 34.5 Å². The van der Waals surface area contributed by atoms with E-state index in [4.69, 9.17) is 27.9 Å². The van der Waals surface area contributed by atoms with Crippen molar-refractivity contribution in [3.05, 3.63) is 63.0 Å². The molecule has 9 heteroatoms. The number of benzene rings is 2. The van der Waals surface area contributed by atoms with Crippen molar-refractivity contribution in [1.82, 2.24) is 0 Å². The van der Waals surface area contributed by atoms with Crippen LogP contribution in [0.4, 0.5) is 17.6 Å². The SMILES string of the molecule is CCOC(C)CSc1ccc(F)c(Cl)c1F.Fc1cc2ccsc2c(F)c1Cl. The highest BCUT2D eigenvalue weighted by Crippen LogP contribution is 2.31. The molecule has 2 aromatic carbocycles. The maximum absolute atomic E-state index is 13.5. The first-order valence-electron chi connectivity index (χ1n) is 8.14. The van der Waals surface area contributed by atoms with E-state index in [9.17, 15) is 17.6 Å². The maximum atomic E-state index is 13.5. The topological polar surface area (TPSA) is 9.23 Å². The van der Waals surface area contributed by atoms with Crippen LogP contribution >= 0.6 is 46.3 Å². The first-order valence-corrected chi connectivity index (χ1v) is 10.8. The van der Waals surface area contributed by atoms with Crippen LogP contribution in [0.25, 0.3) is 10.1 Å². The van der Waals surface area contributed by atoms with Gasteiger partial charge in [0.05, 0.1) is 10.8 Å². The summed E-state index contributed by atoms with van der Waals surface area (Å²) in [7, 11) is 0. The van der Waals surface area contributed by atoms with Crippen molar-refractivity contribution < 1.29 is 22.3 Å². The molecule has 1 heterocycles. The zero-order valence-electron chi connectivity index (χ0n) is 14.9. The molecule has 3 aromatic rings. The molecule has 0 saturated carbocycles. The zero-order valence-corrected chi connectivity index (χ0v) is 18.0. The molecule has 0 fully saturated rings. The smallest absolute Gasteiger partial charge is 0.162 e. The Morgan fingerprint density at radius 2 is 1.71 bits per heavy atom. The van der Waals surface area contributed by atoms with Crippen molar-refractivity contribution in [2.45, 2.75) is 24.8 Å². The Kier molecular flexibility index (Phi) is 8.89. The van der Waals surface area contributed by atoms with Gasteiger partial charge in [0.1, 0.15) is 21.7 Å². The molecular formula is C19H16Cl2F4OS2. The fraction of sp³-hybridized carbons (Fsp3) is 0.263. The van der Waals surface area contributed by atoms with Gasteiger partial charge in [-0.3, -0.25) is 0 Å². The number of hydrogen-bond donors (Lipinski definition) is 0. The van der Waals surface area contributed by atoms with E-state index in [0.29, 0.717) is 27.3 Å². The molecule has 0 spiro atoms. The second-order valence-electron chi connectivity index (χ2n) is 5.58. The summed E-state index contributed by atoms with van der Waals surface area (Å²) in [6, 6.07) is 5.44. The molecule has 0 amide bonds. The second kappa shape index (κ2) is 10.7. The molecule has 0 radical (unpaired) electrons. The fourth-order valence-corrected chi connectivity index (χ4v) is 4.32. The molecule has 0 aliphatic rings. The Morgan fingerprint density at radius 3 is 2.39 bits per heavy atom. The number of fused-ring (bicyclic) bond motifs is 1. The lowest BCUT2D eigenvalue weighted by molar-refractivity contribution is 0.0932. The summed E-state index contributed by atoms with van der Waals surface area (Å²) in [6.07, 6.45) is 0.0261. The minimum Gasteiger partial charge on any atom is -0.378 e. The minimum absolute atomic E-state index is 0.0261. The molecule has 28 heavy (non-hydrogen) atoms. The van der Waals surface area contributed by atoms with Crippen LogP contribution in [0, 0.1) is 23.3 Å². The van der Waals surface area contributed by atoms with Gasteiger partial charge < -0.3 is 4.74 Å². The van der Waals surface area contributed by atoms with Gasteiger partial charge in [0.15, 0.2) is 11.6 Å². The number of halogens is 6. The summed E-state index contributed by atoms with van der Waals surface area (Å²) in [5, 5.41) is 1.38. The quantitative estimate of drug-likeness (QED) is 0.212. The first-order chi connectivity index (χ1) is 13.3. The van der Waals surface area contributed by atoms with Crippen molar-refractivity contribution in [2.24, 2.45) is 0 Å². The minimum atomic E-state index is -0.735. The van der Waals surface area contributed by atoms with E-state index in [1.165, 1.54) is 41.3 Å². The van der Waals surface area contributed by atoms with Crippen LogP contribution in [0.1, 0.15) is 13.8 Å². The van der Waals surface area contributed by atoms with E-state index < -0.39 is 33.3 Å². The normalized spacial score (nSPS) is 12.0. The molecule has 1 atom stereocenters. The van der Waals surface area contributed by atoms with Crippen molar-refractivity contribution in [1.29, 1.82) is 0 Å². The van der Waals surface area contributed by atoms with Gasteiger partial charge in [0.25, 0.3) is 0 Å². The first kappa shape index (κ1) is 23.3. The van der Waals surface area contributed by atoms with Gasteiger partial charge in [-0.2, -0.15) is 0 Å². The third-order valence-electron chi connectivity index (χ3n) is 3.50. The van der Waals surface area contributed by atoms with Crippen molar-refractivity contribution >= 4 is 56.4 Å². The van der Waals surface area contributed by atoms with E-state index in [2.05, 4.69) is 0 Å². The van der Waals surface area contributed by atoms with E-state index in [1.54, 1.807) is 11.4 Å². The van der Waals surface area contributed by atoms with Crippen LogP contribution in [0.3, 0.4) is 0 Å². The molecule has 0 saturated heterocycles. The van der Waals surface area contributed by atoms with Gasteiger partial charge in [-0.25, -0.2) is 17.6 Å². The van der Waals surface area contributed by atoms with E-state index in [1.807, 2.05) is 13.8 Å². The standard InChI is InChI=1S/C11H13ClF2OS.C8H3ClF2S/c1-3-15-7(2)6-16-9-5-4-8(13)10(12)11(9)14;9-6-5(10)3-4-1-2-12-8(4)7(6)11/h4-5,7H,3,6H2,1-2H3;1-3H. The Morgan fingerprint density at radius 1 is 1.04 bits per heavy atom. The third kappa shape index (κ3) is 5.76. The van der Waals surface area contributed by atoms with Crippen molar-refractivity contribution in [3.8, 4) is 0 Å². The monoisotopic (exact) mass is 470 g/mol. The lowest BCUT2D eigenvalue weighted by Gasteiger charge is -2.11. The van der Waals surface area contributed by atoms with Crippen LogP contribution in [0.2, 0.25) is 10.0 Å². The maximum Gasteiger partial charge on any atom is 0.162 e. The van der Waals surface area contributed by atoms with Crippen molar-refractivity contribution in [2.75, 3.05) is 12.4 Å². The summed E-state index contributed by atoms with van der Waals surface area (Å²) < 4.78 is 58.0. The third-order valence-corrected chi connectivity index (χ3v) is 6.38. The second-order valence-corrected chi connectivity index (χ2v) is 8.31. The lowest BCUT2D eigenvalue weighted by Crippen LogP contribution is -2.10. The van der Waals surface area contributed by atoms with Crippen LogP contribution in [0.5, 0.6) is 0 Å². The highest BCUT2D eigenvalue weighted by molar-refractivity contribution is 7.99. The van der Waals surface area contributed by atoms with Crippen LogP contribution < -0.4 is 0 Å². The highest BCUT2D eigenvalue weighted by atomic mass is 35.5. The van der Waals surface area contributed by atoms with Gasteiger partial charge in [-0.15, -0.1) is 23.1 Å². The van der Waals surface area contributed by atoms with E-state index >= 15 is 0 Å². The number of ether oxygens (including phenoxy) is 1. The summed E-state index contributed by atoms with van der Waals surface area (Å²) in [4.78, 5) is 0.345. The predicted octanol–water partition coefficient (Wildman–Crippen LogP) is 7.97. The summed E-state index contributed by atoms with van der Waals surface area (Å²) >= 11 is 13.3. The highest BCUT2D eigenvalue weighted by Gasteiger charge is 2.13. The Bertz CT molecular complexity index is 949. The van der Waals surface area contributed by atoms with Gasteiger partial charge in [0, 0.05) is 17.3 Å². The Balaban J connectivity index is 0.000000207. The lowest BCUT2D eigenvalue weighted by atomic mass is 10.2. The molecule has 3 rings (SSSR count). The largest absolute Gasteiger partial charge is 0.378 e. The number of thiophene rings is 1. The molecule has 0 N–H and O–H groups in total. The van der Waals surface area contributed by atoms with Gasteiger partial charge in [-0.05, 0) is 48.9 Å². The summed E-state index contributed by atoms with van der Waals surface area (Å²) in [5.74, 6) is -2.20. The van der Waals surface area contributed by atoms with E-state index in [-0.39, 0.29) is 6.10 Å². The molecule has 0 aliphatic carbocycles. The number of rotatable bonds is 5. The fourth-order valence-electron chi connectivity index (χ4n) is 2.18. The van der Waals surface area contributed by atoms with Crippen molar-refractivity contribution in [3.63, 3.8) is 0 Å². The van der Waals surface area contributed by atoms with E-state index in [0.717, 1.165) is 0 Å². The summed E-state index contributed by atoms with van der Waals surface area (Å²) in [6.45, 7) is 4.42. The number of thioether (sulfide) groups is 1. The predicted molar refractivity (Wildman–Crippen MR) is 110 cm³/mol. The molecule has 152 valence electrons. The molecule has 1 nitrogen and oxygen atoms in total. The molecular weight excluding hydrogens is 455 g/mol. The Labute approximate surface area is 178 Å².